The fourth-order valence-electron chi connectivity index (χ4n) is 2.18. The van der Waals surface area contributed by atoms with Gasteiger partial charge in [-0.15, -0.1) is 0 Å². The van der Waals surface area contributed by atoms with Gasteiger partial charge in [0.15, 0.2) is 0 Å². The van der Waals surface area contributed by atoms with E-state index in [1.54, 1.807) is 25.8 Å². The number of rotatable bonds is 6. The summed E-state index contributed by atoms with van der Waals surface area (Å²) in [6, 6.07) is 0. The number of carbonyl (C=O) groups excluding carboxylic acids is 1. The molecule has 1 N–H and O–H groups in total. The molecule has 0 bridgehead atoms. The number of carboxylic acid groups (broad SMARTS) is 1. The molecule has 0 aromatic heterocycles. The summed E-state index contributed by atoms with van der Waals surface area (Å²) in [7, 11) is 1.71. The van der Waals surface area contributed by atoms with E-state index in [0.717, 1.165) is 12.3 Å². The lowest BCUT2D eigenvalue weighted by Crippen LogP contribution is -2.40. The molecule has 1 rings (SSSR count). The van der Waals surface area contributed by atoms with E-state index in [1.165, 1.54) is 19.3 Å². The van der Waals surface area contributed by atoms with Gasteiger partial charge in [0.05, 0.1) is 0 Å². The fraction of sp³-hybridized carbons (Fsp3) is 0.846. The summed E-state index contributed by atoms with van der Waals surface area (Å²) in [4.78, 5) is 24.6. The first kappa shape index (κ1) is 14.0. The average Bonchev–Trinajstić information content (AvgIpc) is 2.13. The molecule has 1 aliphatic rings. The molecule has 4 heteroatoms. The fourth-order valence-corrected chi connectivity index (χ4v) is 2.18. The van der Waals surface area contributed by atoms with Gasteiger partial charge < -0.3 is 10.0 Å². The second-order valence-electron chi connectivity index (χ2n) is 5.41. The lowest BCUT2D eigenvalue weighted by atomic mass is 9.83. The predicted molar refractivity (Wildman–Crippen MR) is 65.6 cm³/mol. The molecule has 0 heterocycles. The van der Waals surface area contributed by atoms with E-state index < -0.39 is 11.9 Å². The second-order valence-corrected chi connectivity index (χ2v) is 5.41. The number of carbonyl (C=O) groups is 2. The van der Waals surface area contributed by atoms with E-state index in [1.807, 2.05) is 0 Å². The summed E-state index contributed by atoms with van der Waals surface area (Å²) in [5, 5.41) is 9.05. The van der Waals surface area contributed by atoms with Gasteiger partial charge in [-0.1, -0.05) is 33.1 Å². The first-order chi connectivity index (χ1) is 7.93. The zero-order valence-electron chi connectivity index (χ0n) is 11.0. The molecule has 0 radical (unpaired) electrons. The molecular formula is C13H23NO3. The van der Waals surface area contributed by atoms with E-state index in [-0.39, 0.29) is 11.8 Å². The van der Waals surface area contributed by atoms with Crippen LogP contribution in [0.25, 0.3) is 0 Å². The molecule has 0 aromatic carbocycles. The van der Waals surface area contributed by atoms with Gasteiger partial charge in [0, 0.05) is 13.6 Å². The van der Waals surface area contributed by atoms with Gasteiger partial charge in [-0.3, -0.25) is 9.59 Å². The molecule has 17 heavy (non-hydrogen) atoms. The third kappa shape index (κ3) is 3.72. The Morgan fingerprint density at radius 2 is 1.94 bits per heavy atom. The zero-order chi connectivity index (χ0) is 13.0. The first-order valence-electron chi connectivity index (χ1n) is 6.41. The van der Waals surface area contributed by atoms with Crippen molar-refractivity contribution in [1.82, 2.24) is 4.90 Å². The van der Waals surface area contributed by atoms with Gasteiger partial charge in [0.1, 0.15) is 5.92 Å². The molecule has 0 aliphatic heterocycles. The normalized spacial score (nSPS) is 17.6. The van der Waals surface area contributed by atoms with Crippen LogP contribution in [0.2, 0.25) is 0 Å². The number of carboxylic acids is 1. The van der Waals surface area contributed by atoms with E-state index in [4.69, 9.17) is 5.11 Å². The van der Waals surface area contributed by atoms with Crippen molar-refractivity contribution in [3.63, 3.8) is 0 Å². The van der Waals surface area contributed by atoms with Crippen LogP contribution in [0.15, 0.2) is 0 Å². The predicted octanol–water partition coefficient (Wildman–Crippen LogP) is 1.99. The summed E-state index contributed by atoms with van der Waals surface area (Å²) in [6.07, 6.45) is 4.82. The highest BCUT2D eigenvalue weighted by molar-refractivity contribution is 5.97. The Labute approximate surface area is 103 Å². The Kier molecular flexibility index (Phi) is 4.97. The first-order valence-corrected chi connectivity index (χ1v) is 6.41. The third-order valence-electron chi connectivity index (χ3n) is 3.67. The second kappa shape index (κ2) is 6.03. The molecule has 1 atom stereocenters. The van der Waals surface area contributed by atoms with Crippen molar-refractivity contribution in [1.29, 1.82) is 0 Å². The van der Waals surface area contributed by atoms with Crippen LogP contribution in [0.5, 0.6) is 0 Å². The number of aliphatic carboxylic acids is 1. The Bertz CT molecular complexity index is 284. The highest BCUT2D eigenvalue weighted by Crippen LogP contribution is 2.29. The number of hydrogen-bond acceptors (Lipinski definition) is 2. The minimum atomic E-state index is -1.01. The van der Waals surface area contributed by atoms with Crippen LogP contribution in [0.1, 0.15) is 39.5 Å². The molecule has 1 unspecified atom stereocenters. The minimum Gasteiger partial charge on any atom is -0.481 e. The molecule has 1 saturated carbocycles. The summed E-state index contributed by atoms with van der Waals surface area (Å²) in [6.45, 7) is 4.23. The van der Waals surface area contributed by atoms with Crippen molar-refractivity contribution in [2.75, 3.05) is 13.6 Å². The van der Waals surface area contributed by atoms with Crippen molar-refractivity contribution in [2.45, 2.75) is 39.5 Å². The van der Waals surface area contributed by atoms with Gasteiger partial charge in [-0.25, -0.2) is 0 Å². The van der Waals surface area contributed by atoms with Crippen LogP contribution in [0.3, 0.4) is 0 Å². The van der Waals surface area contributed by atoms with Crippen LogP contribution in [0, 0.1) is 17.8 Å². The molecule has 1 fully saturated rings. The average molecular weight is 241 g/mol. The molecule has 0 spiro atoms. The Morgan fingerprint density at radius 3 is 2.29 bits per heavy atom. The van der Waals surface area contributed by atoms with Crippen LogP contribution >= 0.6 is 0 Å². The van der Waals surface area contributed by atoms with Crippen molar-refractivity contribution >= 4 is 11.9 Å². The van der Waals surface area contributed by atoms with Crippen molar-refractivity contribution in [3.05, 3.63) is 0 Å². The zero-order valence-corrected chi connectivity index (χ0v) is 11.0. The molecule has 98 valence electrons. The minimum absolute atomic E-state index is 0.161. The topological polar surface area (TPSA) is 57.6 Å². The van der Waals surface area contributed by atoms with Gasteiger partial charge in [0.25, 0.3) is 0 Å². The number of amides is 1. The smallest absolute Gasteiger partial charge is 0.316 e. The van der Waals surface area contributed by atoms with Crippen LogP contribution < -0.4 is 0 Å². The maximum absolute atomic E-state index is 12.0. The number of nitrogens with zero attached hydrogens (tertiary/aromatic N) is 1. The quantitative estimate of drug-likeness (QED) is 0.723. The SMILES string of the molecule is CC(C)C(C(=O)O)C(=O)N(C)CCC1CCC1. The van der Waals surface area contributed by atoms with Crippen LogP contribution in [-0.4, -0.2) is 35.5 Å². The third-order valence-corrected chi connectivity index (χ3v) is 3.67. The molecule has 0 saturated heterocycles. The maximum atomic E-state index is 12.0. The molecule has 4 nitrogen and oxygen atoms in total. The van der Waals surface area contributed by atoms with Gasteiger partial charge in [0.2, 0.25) is 5.91 Å². The van der Waals surface area contributed by atoms with E-state index in [0.29, 0.717) is 6.54 Å². The standard InChI is InChI=1S/C13H23NO3/c1-9(2)11(13(16)17)12(15)14(3)8-7-10-5-4-6-10/h9-11H,4-8H2,1-3H3,(H,16,17). The lowest BCUT2D eigenvalue weighted by Gasteiger charge is -2.29. The number of hydrogen-bond donors (Lipinski definition) is 1. The van der Waals surface area contributed by atoms with Crippen LogP contribution in [-0.2, 0) is 9.59 Å². The van der Waals surface area contributed by atoms with E-state index >= 15 is 0 Å². The van der Waals surface area contributed by atoms with Gasteiger partial charge in [-0.05, 0) is 18.3 Å². The summed E-state index contributed by atoms with van der Waals surface area (Å²) < 4.78 is 0. The highest BCUT2D eigenvalue weighted by atomic mass is 16.4. The van der Waals surface area contributed by atoms with Gasteiger partial charge in [-0.2, -0.15) is 0 Å². The molecule has 1 aliphatic carbocycles. The van der Waals surface area contributed by atoms with Crippen molar-refractivity contribution in [3.8, 4) is 0 Å². The van der Waals surface area contributed by atoms with Crippen molar-refractivity contribution in [2.24, 2.45) is 17.8 Å². The Morgan fingerprint density at radius 1 is 1.35 bits per heavy atom. The van der Waals surface area contributed by atoms with E-state index in [9.17, 15) is 9.59 Å². The summed E-state index contributed by atoms with van der Waals surface area (Å²) in [5.74, 6) is -1.59. The van der Waals surface area contributed by atoms with Crippen LogP contribution in [0.4, 0.5) is 0 Å². The van der Waals surface area contributed by atoms with E-state index in [2.05, 4.69) is 0 Å². The summed E-state index contributed by atoms with van der Waals surface area (Å²) in [5.41, 5.74) is 0. The van der Waals surface area contributed by atoms with Gasteiger partial charge >= 0.3 is 5.97 Å². The maximum Gasteiger partial charge on any atom is 0.316 e. The molecule has 0 aromatic rings. The molecule has 1 amide bonds. The summed E-state index contributed by atoms with van der Waals surface area (Å²) >= 11 is 0. The Balaban J connectivity index is 2.44. The monoisotopic (exact) mass is 241 g/mol. The molecular weight excluding hydrogens is 218 g/mol. The lowest BCUT2D eigenvalue weighted by molar-refractivity contribution is -0.152. The Hall–Kier alpha value is -1.06. The largest absolute Gasteiger partial charge is 0.481 e. The highest BCUT2D eigenvalue weighted by Gasteiger charge is 2.32. The van der Waals surface area contributed by atoms with Crippen molar-refractivity contribution < 1.29 is 14.7 Å².